The Balaban J connectivity index is 1.75. The molecule has 1 nitrogen and oxygen atoms in total. The summed E-state index contributed by atoms with van der Waals surface area (Å²) in [6.07, 6.45) is 5.74. The van der Waals surface area contributed by atoms with Crippen LogP contribution in [0.5, 0.6) is 0 Å². The molecule has 0 aliphatic carbocycles. The van der Waals surface area contributed by atoms with Crippen molar-refractivity contribution in [2.75, 3.05) is 6.54 Å². The van der Waals surface area contributed by atoms with Crippen molar-refractivity contribution in [3.63, 3.8) is 0 Å². The molecule has 0 saturated carbocycles. The van der Waals surface area contributed by atoms with Crippen molar-refractivity contribution in [3.05, 3.63) is 77.9 Å². The van der Waals surface area contributed by atoms with Gasteiger partial charge in [-0.25, -0.2) is 0 Å². The standard InChI is InChI=1S/C18H19N/c1-3-7-15(8-4-1)11-12-18-17(13-14-19-18)16-9-5-2-6-10-16/h1-12,17-19H,13-14H2/b12-11+. The summed E-state index contributed by atoms with van der Waals surface area (Å²) in [5.41, 5.74) is 2.71. The molecule has 0 spiro atoms. The molecule has 96 valence electrons. The van der Waals surface area contributed by atoms with E-state index < -0.39 is 0 Å². The van der Waals surface area contributed by atoms with Crippen molar-refractivity contribution in [1.82, 2.24) is 5.32 Å². The minimum Gasteiger partial charge on any atom is -0.310 e. The van der Waals surface area contributed by atoms with Gasteiger partial charge in [0, 0.05) is 12.0 Å². The summed E-state index contributed by atoms with van der Waals surface area (Å²) in [6, 6.07) is 21.8. The van der Waals surface area contributed by atoms with E-state index in [4.69, 9.17) is 0 Å². The van der Waals surface area contributed by atoms with E-state index in [2.05, 4.69) is 78.1 Å². The molecule has 0 bridgehead atoms. The van der Waals surface area contributed by atoms with Crippen LogP contribution in [0.1, 0.15) is 23.5 Å². The zero-order valence-corrected chi connectivity index (χ0v) is 11.0. The minimum absolute atomic E-state index is 0.447. The molecule has 2 atom stereocenters. The normalized spacial score (nSPS) is 22.9. The lowest BCUT2D eigenvalue weighted by molar-refractivity contribution is 0.650. The zero-order chi connectivity index (χ0) is 12.9. The average molecular weight is 249 g/mol. The van der Waals surface area contributed by atoms with Gasteiger partial charge in [0.25, 0.3) is 0 Å². The monoisotopic (exact) mass is 249 g/mol. The van der Waals surface area contributed by atoms with Gasteiger partial charge >= 0.3 is 0 Å². The van der Waals surface area contributed by atoms with E-state index in [1.807, 2.05) is 0 Å². The maximum absolute atomic E-state index is 3.59. The molecule has 3 rings (SSSR count). The number of hydrogen-bond donors (Lipinski definition) is 1. The number of hydrogen-bond acceptors (Lipinski definition) is 1. The zero-order valence-electron chi connectivity index (χ0n) is 11.0. The van der Waals surface area contributed by atoms with E-state index in [1.54, 1.807) is 0 Å². The summed E-state index contributed by atoms with van der Waals surface area (Å²) >= 11 is 0. The third-order valence-electron chi connectivity index (χ3n) is 3.79. The lowest BCUT2D eigenvalue weighted by atomic mass is 9.91. The Labute approximate surface area is 115 Å². The highest BCUT2D eigenvalue weighted by atomic mass is 14.9. The third-order valence-corrected chi connectivity index (χ3v) is 3.79. The van der Waals surface area contributed by atoms with Crippen molar-refractivity contribution >= 4 is 6.08 Å². The quantitative estimate of drug-likeness (QED) is 0.871. The molecule has 0 aromatic heterocycles. The van der Waals surface area contributed by atoms with Crippen molar-refractivity contribution in [2.45, 2.75) is 18.4 Å². The van der Waals surface area contributed by atoms with Gasteiger partial charge in [-0.2, -0.15) is 0 Å². The Morgan fingerprint density at radius 2 is 1.58 bits per heavy atom. The smallest absolute Gasteiger partial charge is 0.0322 e. The molecule has 1 heterocycles. The summed E-state index contributed by atoms with van der Waals surface area (Å²) < 4.78 is 0. The van der Waals surface area contributed by atoms with Crippen molar-refractivity contribution in [3.8, 4) is 0 Å². The van der Waals surface area contributed by atoms with E-state index >= 15 is 0 Å². The highest BCUT2D eigenvalue weighted by Gasteiger charge is 2.25. The first-order valence-electron chi connectivity index (χ1n) is 6.95. The first-order chi connectivity index (χ1) is 9.43. The molecular weight excluding hydrogens is 230 g/mol. The van der Waals surface area contributed by atoms with Gasteiger partial charge in [-0.1, -0.05) is 72.8 Å². The van der Waals surface area contributed by atoms with Crippen LogP contribution in [0.25, 0.3) is 6.08 Å². The van der Waals surface area contributed by atoms with E-state index in [-0.39, 0.29) is 0 Å². The van der Waals surface area contributed by atoms with E-state index in [1.165, 1.54) is 17.5 Å². The Hall–Kier alpha value is -1.86. The van der Waals surface area contributed by atoms with Crippen LogP contribution in [0.15, 0.2) is 66.7 Å². The summed E-state index contributed by atoms with van der Waals surface area (Å²) in [5, 5.41) is 3.59. The van der Waals surface area contributed by atoms with Crippen molar-refractivity contribution in [2.24, 2.45) is 0 Å². The van der Waals surface area contributed by atoms with Gasteiger partial charge in [0.1, 0.15) is 0 Å². The molecule has 1 N–H and O–H groups in total. The van der Waals surface area contributed by atoms with E-state index in [0.29, 0.717) is 12.0 Å². The number of rotatable bonds is 3. The maximum atomic E-state index is 3.59. The van der Waals surface area contributed by atoms with Crippen LogP contribution in [0.4, 0.5) is 0 Å². The van der Waals surface area contributed by atoms with Crippen LogP contribution in [0.3, 0.4) is 0 Å². The molecule has 1 saturated heterocycles. The van der Waals surface area contributed by atoms with Gasteiger partial charge in [-0.15, -0.1) is 0 Å². The molecule has 2 unspecified atom stereocenters. The SMILES string of the molecule is C(=C\C1NCCC1c1ccccc1)/c1ccccc1. The molecule has 1 aliphatic heterocycles. The summed E-state index contributed by atoms with van der Waals surface area (Å²) in [5.74, 6) is 0.598. The second kappa shape index (κ2) is 5.85. The minimum atomic E-state index is 0.447. The molecule has 1 aliphatic rings. The molecule has 19 heavy (non-hydrogen) atoms. The van der Waals surface area contributed by atoms with Crippen LogP contribution in [-0.2, 0) is 0 Å². The van der Waals surface area contributed by atoms with Crippen LogP contribution in [0, 0.1) is 0 Å². The maximum Gasteiger partial charge on any atom is 0.0322 e. The molecule has 2 aromatic carbocycles. The fourth-order valence-corrected chi connectivity index (χ4v) is 2.78. The van der Waals surface area contributed by atoms with E-state index in [9.17, 15) is 0 Å². The Morgan fingerprint density at radius 1 is 0.895 bits per heavy atom. The predicted octanol–water partition coefficient (Wildman–Crippen LogP) is 3.85. The van der Waals surface area contributed by atoms with Gasteiger partial charge in [-0.05, 0) is 24.1 Å². The van der Waals surface area contributed by atoms with Crippen LogP contribution in [0.2, 0.25) is 0 Å². The van der Waals surface area contributed by atoms with Gasteiger partial charge in [0.2, 0.25) is 0 Å². The number of benzene rings is 2. The molecule has 1 heteroatoms. The van der Waals surface area contributed by atoms with Crippen LogP contribution < -0.4 is 5.32 Å². The van der Waals surface area contributed by atoms with Crippen molar-refractivity contribution in [1.29, 1.82) is 0 Å². The average Bonchev–Trinajstić information content (AvgIpc) is 2.95. The molecule has 2 aromatic rings. The lowest BCUT2D eigenvalue weighted by Gasteiger charge is -2.16. The number of nitrogens with one attached hydrogen (secondary N) is 1. The Morgan fingerprint density at radius 3 is 2.32 bits per heavy atom. The first-order valence-corrected chi connectivity index (χ1v) is 6.95. The fraction of sp³-hybridized carbons (Fsp3) is 0.222. The Bertz CT molecular complexity index is 530. The topological polar surface area (TPSA) is 12.0 Å². The van der Waals surface area contributed by atoms with Crippen molar-refractivity contribution < 1.29 is 0 Å². The summed E-state index contributed by atoms with van der Waals surface area (Å²) in [6.45, 7) is 1.10. The molecule has 0 amide bonds. The summed E-state index contributed by atoms with van der Waals surface area (Å²) in [4.78, 5) is 0. The van der Waals surface area contributed by atoms with Gasteiger partial charge in [-0.3, -0.25) is 0 Å². The highest BCUT2D eigenvalue weighted by molar-refractivity contribution is 5.50. The largest absolute Gasteiger partial charge is 0.310 e. The molecule has 1 fully saturated rings. The third kappa shape index (κ3) is 2.94. The van der Waals surface area contributed by atoms with Crippen LogP contribution >= 0.6 is 0 Å². The van der Waals surface area contributed by atoms with E-state index in [0.717, 1.165) is 6.54 Å². The van der Waals surface area contributed by atoms with Gasteiger partial charge in [0.05, 0.1) is 0 Å². The van der Waals surface area contributed by atoms with Gasteiger partial charge in [0.15, 0.2) is 0 Å². The Kier molecular flexibility index (Phi) is 3.75. The lowest BCUT2D eigenvalue weighted by Crippen LogP contribution is -2.23. The first kappa shape index (κ1) is 12.2. The summed E-state index contributed by atoms with van der Waals surface area (Å²) in [7, 11) is 0. The highest BCUT2D eigenvalue weighted by Crippen LogP contribution is 2.28. The van der Waals surface area contributed by atoms with Gasteiger partial charge < -0.3 is 5.32 Å². The second-order valence-electron chi connectivity index (χ2n) is 5.06. The molecule has 0 radical (unpaired) electrons. The van der Waals surface area contributed by atoms with Crippen LogP contribution in [-0.4, -0.2) is 12.6 Å². The molecular formula is C18H19N. The second-order valence-corrected chi connectivity index (χ2v) is 5.06. The predicted molar refractivity (Wildman–Crippen MR) is 81.1 cm³/mol. The fourth-order valence-electron chi connectivity index (χ4n) is 2.78.